The molecule has 0 saturated carbocycles. The molecule has 1 heterocycles. The van der Waals surface area contributed by atoms with Crippen molar-refractivity contribution >= 4 is 33.8 Å². The topological polar surface area (TPSA) is 78.5 Å². The Balaban J connectivity index is 1.68. The molecule has 3 rings (SSSR count). The summed E-state index contributed by atoms with van der Waals surface area (Å²) >= 11 is 3.37. The number of rotatable bonds is 5. The molecule has 140 valence electrons. The highest BCUT2D eigenvalue weighted by atomic mass is 79.9. The molecule has 2 aromatic rings. The van der Waals surface area contributed by atoms with E-state index in [4.69, 9.17) is 0 Å². The molecule has 0 radical (unpaired) electrons. The lowest BCUT2D eigenvalue weighted by atomic mass is 9.92. The van der Waals surface area contributed by atoms with Crippen LogP contribution in [0.25, 0.3) is 0 Å². The minimum absolute atomic E-state index is 0.244. The Hall–Kier alpha value is -2.67. The summed E-state index contributed by atoms with van der Waals surface area (Å²) in [5, 5.41) is 5.52. The van der Waals surface area contributed by atoms with Crippen molar-refractivity contribution in [2.45, 2.75) is 25.4 Å². The van der Waals surface area contributed by atoms with Gasteiger partial charge in [-0.15, -0.1) is 0 Å². The number of nitrogens with one attached hydrogen (secondary N) is 2. The van der Waals surface area contributed by atoms with Crippen LogP contribution in [0.15, 0.2) is 59.1 Å². The first-order valence-corrected chi connectivity index (χ1v) is 9.35. The number of nitrogens with zero attached hydrogens (tertiary/aromatic N) is 1. The van der Waals surface area contributed by atoms with Crippen molar-refractivity contribution in [2.24, 2.45) is 0 Å². The highest BCUT2D eigenvalue weighted by Gasteiger charge is 2.49. The van der Waals surface area contributed by atoms with Gasteiger partial charge in [-0.25, -0.2) is 4.79 Å². The van der Waals surface area contributed by atoms with Crippen LogP contribution >= 0.6 is 15.9 Å². The van der Waals surface area contributed by atoms with E-state index in [1.54, 1.807) is 31.2 Å². The number of halogens is 1. The van der Waals surface area contributed by atoms with E-state index in [0.717, 1.165) is 14.9 Å². The second-order valence-corrected chi connectivity index (χ2v) is 7.57. The Kier molecular flexibility index (Phi) is 5.32. The largest absolute Gasteiger partial charge is 0.348 e. The maximum Gasteiger partial charge on any atom is 0.325 e. The summed E-state index contributed by atoms with van der Waals surface area (Å²) in [6.45, 7) is 3.17. The fourth-order valence-corrected chi connectivity index (χ4v) is 3.34. The van der Waals surface area contributed by atoms with Gasteiger partial charge in [0.15, 0.2) is 0 Å². The SMILES string of the molecule is CC(NC(=O)CN1C(=O)NC(C)(c2ccccc2)C1=O)c1ccc(Br)cc1. The van der Waals surface area contributed by atoms with Crippen molar-refractivity contribution in [2.75, 3.05) is 6.54 Å². The van der Waals surface area contributed by atoms with Crippen LogP contribution in [0.2, 0.25) is 0 Å². The van der Waals surface area contributed by atoms with Crippen molar-refractivity contribution in [1.29, 1.82) is 0 Å². The molecule has 1 saturated heterocycles. The second kappa shape index (κ2) is 7.52. The Morgan fingerprint density at radius 3 is 2.41 bits per heavy atom. The van der Waals surface area contributed by atoms with Gasteiger partial charge >= 0.3 is 6.03 Å². The zero-order chi connectivity index (χ0) is 19.6. The van der Waals surface area contributed by atoms with E-state index in [2.05, 4.69) is 26.6 Å². The maximum absolute atomic E-state index is 12.8. The van der Waals surface area contributed by atoms with Crippen molar-refractivity contribution in [3.63, 3.8) is 0 Å². The highest BCUT2D eigenvalue weighted by molar-refractivity contribution is 9.10. The molecular weight excluding hydrogens is 410 g/mol. The molecule has 2 unspecified atom stereocenters. The van der Waals surface area contributed by atoms with Crippen LogP contribution < -0.4 is 10.6 Å². The molecule has 6 nitrogen and oxygen atoms in total. The monoisotopic (exact) mass is 429 g/mol. The fourth-order valence-electron chi connectivity index (χ4n) is 3.07. The molecule has 0 spiro atoms. The van der Waals surface area contributed by atoms with Crippen LogP contribution in [0.3, 0.4) is 0 Å². The van der Waals surface area contributed by atoms with Gasteiger partial charge in [0.05, 0.1) is 6.04 Å². The zero-order valence-electron chi connectivity index (χ0n) is 15.0. The third-order valence-corrected chi connectivity index (χ3v) is 5.20. The molecule has 0 aromatic heterocycles. The Morgan fingerprint density at radius 1 is 1.15 bits per heavy atom. The van der Waals surface area contributed by atoms with E-state index >= 15 is 0 Å². The maximum atomic E-state index is 12.8. The van der Waals surface area contributed by atoms with Gasteiger partial charge in [0, 0.05) is 4.47 Å². The standard InChI is InChI=1S/C20H20BrN3O3/c1-13(14-8-10-16(21)11-9-14)22-17(25)12-24-18(26)20(2,23-19(24)27)15-6-4-3-5-7-15/h3-11,13H,12H2,1-2H3,(H,22,25)(H,23,27). The van der Waals surface area contributed by atoms with Crippen molar-refractivity contribution < 1.29 is 14.4 Å². The van der Waals surface area contributed by atoms with Crippen molar-refractivity contribution in [1.82, 2.24) is 15.5 Å². The van der Waals surface area contributed by atoms with Gasteiger partial charge in [-0.3, -0.25) is 14.5 Å². The molecule has 4 amide bonds. The van der Waals surface area contributed by atoms with Crippen LogP contribution in [-0.2, 0) is 15.1 Å². The molecule has 0 bridgehead atoms. The first kappa shape index (κ1) is 19.1. The number of carbonyl (C=O) groups excluding carboxylic acids is 3. The highest BCUT2D eigenvalue weighted by Crippen LogP contribution is 2.28. The predicted molar refractivity (Wildman–Crippen MR) is 105 cm³/mol. The molecule has 1 aliphatic rings. The predicted octanol–water partition coefficient (Wildman–Crippen LogP) is 3.09. The smallest absolute Gasteiger partial charge is 0.325 e. The van der Waals surface area contributed by atoms with Gasteiger partial charge < -0.3 is 10.6 Å². The van der Waals surface area contributed by atoms with Crippen LogP contribution in [0.4, 0.5) is 4.79 Å². The van der Waals surface area contributed by atoms with Gasteiger partial charge in [-0.2, -0.15) is 0 Å². The first-order chi connectivity index (χ1) is 12.8. The quantitative estimate of drug-likeness (QED) is 0.716. The summed E-state index contributed by atoms with van der Waals surface area (Å²) in [6.07, 6.45) is 0. The van der Waals surface area contributed by atoms with E-state index < -0.39 is 23.4 Å². The lowest BCUT2D eigenvalue weighted by Crippen LogP contribution is -2.43. The van der Waals surface area contributed by atoms with Gasteiger partial charge in [-0.05, 0) is 37.1 Å². The summed E-state index contributed by atoms with van der Waals surface area (Å²) in [7, 11) is 0. The number of hydrogen-bond acceptors (Lipinski definition) is 3. The number of carbonyl (C=O) groups is 3. The van der Waals surface area contributed by atoms with Crippen LogP contribution in [0, 0.1) is 0 Å². The average Bonchev–Trinajstić information content (AvgIpc) is 2.87. The van der Waals surface area contributed by atoms with E-state index in [0.29, 0.717) is 5.56 Å². The number of urea groups is 1. The van der Waals surface area contributed by atoms with E-state index in [1.165, 1.54) is 0 Å². The normalized spacial score (nSPS) is 20.3. The number of imide groups is 1. The zero-order valence-corrected chi connectivity index (χ0v) is 16.6. The summed E-state index contributed by atoms with van der Waals surface area (Å²) in [6, 6.07) is 15.7. The minimum Gasteiger partial charge on any atom is -0.348 e. The van der Waals surface area contributed by atoms with Gasteiger partial charge in [0.1, 0.15) is 12.1 Å². The fraction of sp³-hybridized carbons (Fsp3) is 0.250. The third kappa shape index (κ3) is 3.88. The van der Waals surface area contributed by atoms with Gasteiger partial charge in [0.2, 0.25) is 5.91 Å². The molecule has 2 aromatic carbocycles. The van der Waals surface area contributed by atoms with Crippen LogP contribution in [0.5, 0.6) is 0 Å². The number of benzene rings is 2. The average molecular weight is 430 g/mol. The number of hydrogen-bond donors (Lipinski definition) is 2. The summed E-state index contributed by atoms with van der Waals surface area (Å²) in [5.74, 6) is -0.837. The minimum atomic E-state index is -1.17. The van der Waals surface area contributed by atoms with Gasteiger partial charge in [0.25, 0.3) is 5.91 Å². The molecule has 2 N–H and O–H groups in total. The van der Waals surface area contributed by atoms with E-state index in [1.807, 2.05) is 37.3 Å². The lowest BCUT2D eigenvalue weighted by Gasteiger charge is -2.22. The third-order valence-electron chi connectivity index (χ3n) is 4.68. The molecule has 0 aliphatic carbocycles. The van der Waals surface area contributed by atoms with E-state index in [9.17, 15) is 14.4 Å². The lowest BCUT2D eigenvalue weighted by molar-refractivity contribution is -0.135. The molecule has 27 heavy (non-hydrogen) atoms. The second-order valence-electron chi connectivity index (χ2n) is 6.65. The van der Waals surface area contributed by atoms with Crippen molar-refractivity contribution in [3.8, 4) is 0 Å². The Bertz CT molecular complexity index is 870. The molecule has 1 fully saturated rings. The van der Waals surface area contributed by atoms with Crippen LogP contribution in [0.1, 0.15) is 31.0 Å². The molecular formula is C20H20BrN3O3. The number of amides is 4. The summed E-state index contributed by atoms with van der Waals surface area (Å²) in [4.78, 5) is 38.5. The summed E-state index contributed by atoms with van der Waals surface area (Å²) in [5.41, 5.74) is 0.433. The molecule has 7 heteroatoms. The molecule has 2 atom stereocenters. The Morgan fingerprint density at radius 2 is 1.78 bits per heavy atom. The van der Waals surface area contributed by atoms with E-state index in [-0.39, 0.29) is 12.6 Å². The first-order valence-electron chi connectivity index (χ1n) is 8.56. The Labute approximate surface area is 166 Å². The van der Waals surface area contributed by atoms with Crippen LogP contribution in [-0.4, -0.2) is 29.3 Å². The summed E-state index contributed by atoms with van der Waals surface area (Å²) < 4.78 is 0.948. The molecule has 1 aliphatic heterocycles. The van der Waals surface area contributed by atoms with Crippen molar-refractivity contribution in [3.05, 3.63) is 70.2 Å². The van der Waals surface area contributed by atoms with Gasteiger partial charge in [-0.1, -0.05) is 58.4 Å².